The number of benzene rings is 1. The smallest absolute Gasteiger partial charge is 0.220 e. The number of rotatable bonds is 8. The average Bonchev–Trinajstić information content (AvgIpc) is 3.13. The van der Waals surface area contributed by atoms with E-state index in [2.05, 4.69) is 26.1 Å². The third kappa shape index (κ3) is 6.07. The molecular formula is C22H30N2O3. The number of carbonyl (C=O) groups is 2. The Morgan fingerprint density at radius 2 is 1.74 bits per heavy atom. The van der Waals surface area contributed by atoms with Crippen LogP contribution in [-0.2, 0) is 10.2 Å². The number of hydrogen-bond acceptors (Lipinski definition) is 4. The van der Waals surface area contributed by atoms with Crippen LogP contribution in [0.5, 0.6) is 0 Å². The molecule has 2 rings (SSSR count). The topological polar surface area (TPSA) is 62.6 Å². The van der Waals surface area contributed by atoms with Gasteiger partial charge in [-0.1, -0.05) is 45.0 Å². The maximum Gasteiger partial charge on any atom is 0.220 e. The maximum absolute atomic E-state index is 12.3. The van der Waals surface area contributed by atoms with E-state index in [0.29, 0.717) is 12.1 Å². The van der Waals surface area contributed by atoms with Gasteiger partial charge in [0.1, 0.15) is 5.76 Å². The largest absolute Gasteiger partial charge is 0.468 e. The molecule has 1 unspecified atom stereocenters. The molecule has 0 saturated carbocycles. The van der Waals surface area contributed by atoms with Crippen LogP contribution in [0.2, 0.25) is 0 Å². The summed E-state index contributed by atoms with van der Waals surface area (Å²) in [6, 6.07) is 11.3. The van der Waals surface area contributed by atoms with Gasteiger partial charge in [0.2, 0.25) is 5.91 Å². The van der Waals surface area contributed by atoms with E-state index < -0.39 is 0 Å². The number of Topliss-reactive ketones (excluding diaryl/α,β-unsaturated/α-hetero) is 1. The van der Waals surface area contributed by atoms with E-state index in [0.717, 1.165) is 5.76 Å². The molecule has 1 aromatic heterocycles. The molecule has 27 heavy (non-hydrogen) atoms. The van der Waals surface area contributed by atoms with E-state index >= 15 is 0 Å². The molecule has 1 amide bonds. The highest BCUT2D eigenvalue weighted by molar-refractivity contribution is 5.98. The number of nitrogens with one attached hydrogen (secondary N) is 1. The minimum Gasteiger partial charge on any atom is -0.468 e. The summed E-state index contributed by atoms with van der Waals surface area (Å²) in [5.41, 5.74) is 1.89. The van der Waals surface area contributed by atoms with Crippen LogP contribution in [0.3, 0.4) is 0 Å². The van der Waals surface area contributed by atoms with Gasteiger partial charge in [-0.05, 0) is 37.2 Å². The lowest BCUT2D eigenvalue weighted by Gasteiger charge is -2.22. The van der Waals surface area contributed by atoms with Gasteiger partial charge in [0.25, 0.3) is 0 Å². The first-order valence-electron chi connectivity index (χ1n) is 9.28. The molecule has 5 heteroatoms. The predicted molar refractivity (Wildman–Crippen MR) is 107 cm³/mol. The Balaban J connectivity index is 1.83. The molecule has 1 aromatic carbocycles. The van der Waals surface area contributed by atoms with Crippen molar-refractivity contribution in [2.45, 2.75) is 45.1 Å². The summed E-state index contributed by atoms with van der Waals surface area (Å²) in [7, 11) is 3.87. The molecule has 1 heterocycles. The summed E-state index contributed by atoms with van der Waals surface area (Å²) in [6.07, 6.45) is 2.00. The van der Waals surface area contributed by atoms with Crippen molar-refractivity contribution < 1.29 is 14.0 Å². The lowest BCUT2D eigenvalue weighted by Crippen LogP contribution is -2.34. The molecule has 0 radical (unpaired) electrons. The lowest BCUT2D eigenvalue weighted by atomic mass is 9.86. The van der Waals surface area contributed by atoms with E-state index in [1.165, 1.54) is 5.56 Å². The van der Waals surface area contributed by atoms with E-state index in [-0.39, 0.29) is 36.0 Å². The average molecular weight is 370 g/mol. The van der Waals surface area contributed by atoms with Gasteiger partial charge in [-0.25, -0.2) is 0 Å². The molecule has 0 bridgehead atoms. The highest BCUT2D eigenvalue weighted by Crippen LogP contribution is 2.22. The second-order valence-corrected chi connectivity index (χ2v) is 8.05. The van der Waals surface area contributed by atoms with Crippen molar-refractivity contribution in [3.05, 3.63) is 59.5 Å². The van der Waals surface area contributed by atoms with Gasteiger partial charge in [0, 0.05) is 24.9 Å². The van der Waals surface area contributed by atoms with Gasteiger partial charge in [-0.15, -0.1) is 0 Å². The Kier molecular flexibility index (Phi) is 6.97. The SMILES string of the molecule is CN(C)C(CNC(=O)CCC(=O)c1ccc(C(C)(C)C)cc1)c1ccco1. The lowest BCUT2D eigenvalue weighted by molar-refractivity contribution is -0.121. The van der Waals surface area contributed by atoms with Crippen LogP contribution in [0.15, 0.2) is 47.1 Å². The molecule has 0 saturated heterocycles. The molecular weight excluding hydrogens is 340 g/mol. The van der Waals surface area contributed by atoms with Crippen LogP contribution < -0.4 is 5.32 Å². The van der Waals surface area contributed by atoms with Gasteiger partial charge in [-0.3, -0.25) is 14.5 Å². The normalized spacial score (nSPS) is 12.8. The molecule has 0 fully saturated rings. The van der Waals surface area contributed by atoms with E-state index in [4.69, 9.17) is 4.42 Å². The number of amides is 1. The zero-order valence-corrected chi connectivity index (χ0v) is 16.9. The number of carbonyl (C=O) groups excluding carboxylic acids is 2. The Labute approximate surface area is 161 Å². The van der Waals surface area contributed by atoms with Gasteiger partial charge < -0.3 is 9.73 Å². The Bertz CT molecular complexity index is 741. The van der Waals surface area contributed by atoms with Crippen molar-refractivity contribution in [1.82, 2.24) is 10.2 Å². The summed E-state index contributed by atoms with van der Waals surface area (Å²) >= 11 is 0. The van der Waals surface area contributed by atoms with Crippen LogP contribution in [0.25, 0.3) is 0 Å². The molecule has 1 atom stereocenters. The molecule has 0 aliphatic rings. The van der Waals surface area contributed by atoms with E-state index in [9.17, 15) is 9.59 Å². The molecule has 0 aliphatic heterocycles. The maximum atomic E-state index is 12.3. The van der Waals surface area contributed by atoms with Crippen molar-refractivity contribution in [2.75, 3.05) is 20.6 Å². The predicted octanol–water partition coefficient (Wildman–Crippen LogP) is 3.96. The number of furan rings is 1. The zero-order chi connectivity index (χ0) is 20.0. The first-order chi connectivity index (χ1) is 12.7. The number of likely N-dealkylation sites (N-methyl/N-ethyl adjacent to an activating group) is 1. The van der Waals surface area contributed by atoms with Crippen LogP contribution >= 0.6 is 0 Å². The summed E-state index contributed by atoms with van der Waals surface area (Å²) < 4.78 is 5.43. The van der Waals surface area contributed by atoms with Crippen molar-refractivity contribution in [1.29, 1.82) is 0 Å². The quantitative estimate of drug-likeness (QED) is 0.715. The molecule has 1 N–H and O–H groups in total. The van der Waals surface area contributed by atoms with Gasteiger partial charge >= 0.3 is 0 Å². The highest BCUT2D eigenvalue weighted by Gasteiger charge is 2.18. The summed E-state index contributed by atoms with van der Waals surface area (Å²) in [4.78, 5) is 26.5. The zero-order valence-electron chi connectivity index (χ0n) is 16.9. The Morgan fingerprint density at radius 3 is 2.26 bits per heavy atom. The number of nitrogens with zero attached hydrogens (tertiary/aromatic N) is 1. The van der Waals surface area contributed by atoms with Crippen LogP contribution in [0, 0.1) is 0 Å². The number of hydrogen-bond donors (Lipinski definition) is 1. The molecule has 5 nitrogen and oxygen atoms in total. The third-order valence-corrected chi connectivity index (χ3v) is 4.64. The van der Waals surface area contributed by atoms with Crippen molar-refractivity contribution in [2.24, 2.45) is 0 Å². The Morgan fingerprint density at radius 1 is 1.07 bits per heavy atom. The van der Waals surface area contributed by atoms with E-state index in [1.54, 1.807) is 6.26 Å². The van der Waals surface area contributed by atoms with Gasteiger partial charge in [-0.2, -0.15) is 0 Å². The summed E-state index contributed by atoms with van der Waals surface area (Å²) in [5, 5.41) is 2.90. The first kappa shape index (κ1) is 20.9. The minimum absolute atomic E-state index is 0.0131. The fourth-order valence-electron chi connectivity index (χ4n) is 2.84. The van der Waals surface area contributed by atoms with Crippen molar-refractivity contribution >= 4 is 11.7 Å². The fourth-order valence-corrected chi connectivity index (χ4v) is 2.84. The van der Waals surface area contributed by atoms with Crippen LogP contribution in [0.4, 0.5) is 0 Å². The van der Waals surface area contributed by atoms with Crippen molar-refractivity contribution in [3.8, 4) is 0 Å². The van der Waals surface area contributed by atoms with Crippen LogP contribution in [-0.4, -0.2) is 37.2 Å². The second-order valence-electron chi connectivity index (χ2n) is 8.05. The summed E-state index contributed by atoms with van der Waals surface area (Å²) in [6.45, 7) is 6.85. The molecule has 146 valence electrons. The van der Waals surface area contributed by atoms with Gasteiger partial charge in [0.05, 0.1) is 12.3 Å². The standard InChI is InChI=1S/C22H30N2O3/c1-22(2,3)17-10-8-16(9-11-17)19(25)12-13-21(26)23-15-18(24(4)5)20-7-6-14-27-20/h6-11,14,18H,12-13,15H2,1-5H3,(H,23,26). The third-order valence-electron chi connectivity index (χ3n) is 4.64. The van der Waals surface area contributed by atoms with Crippen LogP contribution in [0.1, 0.15) is 61.3 Å². The monoisotopic (exact) mass is 370 g/mol. The second kappa shape index (κ2) is 9.00. The van der Waals surface area contributed by atoms with Gasteiger partial charge in [0.15, 0.2) is 5.78 Å². The summed E-state index contributed by atoms with van der Waals surface area (Å²) in [5.74, 6) is 0.657. The number of ketones is 1. The van der Waals surface area contributed by atoms with E-state index in [1.807, 2.05) is 55.4 Å². The van der Waals surface area contributed by atoms with Crippen molar-refractivity contribution in [3.63, 3.8) is 0 Å². The highest BCUT2D eigenvalue weighted by atomic mass is 16.3. The molecule has 0 spiro atoms. The minimum atomic E-state index is -0.131. The molecule has 2 aromatic rings. The molecule has 0 aliphatic carbocycles. The fraction of sp³-hybridized carbons (Fsp3) is 0.455. The first-order valence-corrected chi connectivity index (χ1v) is 9.28. The Hall–Kier alpha value is -2.40.